The molecule has 0 saturated carbocycles. The molecule has 0 aliphatic carbocycles. The molecule has 0 atom stereocenters. The molecule has 0 bridgehead atoms. The van der Waals surface area contributed by atoms with Gasteiger partial charge in [-0.1, -0.05) is 17.3 Å². The summed E-state index contributed by atoms with van der Waals surface area (Å²) < 4.78 is 18.7. The molecule has 1 heterocycles. The number of nitrogens with two attached hydrogens (primary N) is 1. The maximum absolute atomic E-state index is 13.4. The Kier molecular flexibility index (Phi) is 3.50. The number of hydrogen-bond acceptors (Lipinski definition) is 4. The van der Waals surface area contributed by atoms with Gasteiger partial charge in [-0.3, -0.25) is 0 Å². The molecule has 3 aromatic rings. The van der Waals surface area contributed by atoms with E-state index < -0.39 is 0 Å². The third-order valence-electron chi connectivity index (χ3n) is 3.14. The summed E-state index contributed by atoms with van der Waals surface area (Å²) in [7, 11) is 0. The Morgan fingerprint density at radius 2 is 2.00 bits per heavy atom. The normalized spacial score (nSPS) is 10.8. The molecular formula is C16H14FN3O. The number of nitrogens with zero attached hydrogens (tertiary/aromatic N) is 2. The molecular weight excluding hydrogens is 269 g/mol. The summed E-state index contributed by atoms with van der Waals surface area (Å²) in [6.07, 6.45) is 0. The van der Waals surface area contributed by atoms with Gasteiger partial charge in [-0.15, -0.1) is 0 Å². The first-order valence-electron chi connectivity index (χ1n) is 6.56. The molecule has 0 spiro atoms. The summed E-state index contributed by atoms with van der Waals surface area (Å²) in [5.74, 6) is 0.439. The van der Waals surface area contributed by atoms with Gasteiger partial charge in [0, 0.05) is 17.7 Å². The van der Waals surface area contributed by atoms with Gasteiger partial charge in [0.1, 0.15) is 5.82 Å². The van der Waals surface area contributed by atoms with Crippen molar-refractivity contribution in [2.75, 3.05) is 0 Å². The molecule has 0 aliphatic rings. The van der Waals surface area contributed by atoms with Crippen molar-refractivity contribution in [1.82, 2.24) is 10.1 Å². The van der Waals surface area contributed by atoms with Crippen molar-refractivity contribution in [3.8, 4) is 22.8 Å². The van der Waals surface area contributed by atoms with Crippen LogP contribution in [0.25, 0.3) is 22.8 Å². The van der Waals surface area contributed by atoms with E-state index in [4.69, 9.17) is 10.3 Å². The number of benzene rings is 2. The predicted octanol–water partition coefficient (Wildman–Crippen LogP) is 3.31. The van der Waals surface area contributed by atoms with Gasteiger partial charge in [0.05, 0.1) is 0 Å². The molecule has 2 aromatic carbocycles. The van der Waals surface area contributed by atoms with Gasteiger partial charge in [0.25, 0.3) is 5.89 Å². The first-order valence-corrected chi connectivity index (χ1v) is 6.56. The Bertz CT molecular complexity index is 762. The van der Waals surface area contributed by atoms with Gasteiger partial charge >= 0.3 is 0 Å². The minimum Gasteiger partial charge on any atom is -0.334 e. The van der Waals surface area contributed by atoms with Crippen molar-refractivity contribution in [3.63, 3.8) is 0 Å². The smallest absolute Gasteiger partial charge is 0.258 e. The van der Waals surface area contributed by atoms with Crippen molar-refractivity contribution < 1.29 is 8.91 Å². The van der Waals surface area contributed by atoms with Crippen LogP contribution in [0.15, 0.2) is 47.0 Å². The van der Waals surface area contributed by atoms with E-state index >= 15 is 0 Å². The SMILES string of the molecule is Cc1cc(F)cc(-c2noc(-c3cccc(CN)c3)n2)c1. The Morgan fingerprint density at radius 1 is 1.14 bits per heavy atom. The zero-order chi connectivity index (χ0) is 14.8. The minimum absolute atomic E-state index is 0.318. The number of aromatic nitrogens is 2. The quantitative estimate of drug-likeness (QED) is 0.801. The lowest BCUT2D eigenvalue weighted by Gasteiger charge is -1.99. The molecule has 0 saturated heterocycles. The molecule has 5 heteroatoms. The molecule has 106 valence electrons. The van der Waals surface area contributed by atoms with E-state index in [1.165, 1.54) is 12.1 Å². The summed E-state index contributed by atoms with van der Waals surface area (Å²) in [6, 6.07) is 12.2. The maximum atomic E-state index is 13.4. The van der Waals surface area contributed by atoms with E-state index in [0.29, 0.717) is 23.8 Å². The second kappa shape index (κ2) is 5.46. The van der Waals surface area contributed by atoms with Crippen molar-refractivity contribution in [2.24, 2.45) is 5.73 Å². The summed E-state index contributed by atoms with van der Waals surface area (Å²) in [4.78, 5) is 4.32. The average Bonchev–Trinajstić information content (AvgIpc) is 2.96. The highest BCUT2D eigenvalue weighted by Gasteiger charge is 2.12. The van der Waals surface area contributed by atoms with E-state index in [9.17, 15) is 4.39 Å². The van der Waals surface area contributed by atoms with Crippen LogP contribution >= 0.6 is 0 Å². The molecule has 0 fully saturated rings. The highest BCUT2D eigenvalue weighted by molar-refractivity contribution is 5.60. The molecule has 2 N–H and O–H groups in total. The molecule has 3 rings (SSSR count). The molecule has 0 amide bonds. The van der Waals surface area contributed by atoms with Gasteiger partial charge in [-0.05, 0) is 48.4 Å². The van der Waals surface area contributed by atoms with Crippen molar-refractivity contribution in [3.05, 3.63) is 59.4 Å². The zero-order valence-electron chi connectivity index (χ0n) is 11.5. The van der Waals surface area contributed by atoms with Crippen molar-refractivity contribution in [1.29, 1.82) is 0 Å². The number of hydrogen-bond donors (Lipinski definition) is 1. The number of aryl methyl sites for hydroxylation is 1. The summed E-state index contributed by atoms with van der Waals surface area (Å²) in [6.45, 7) is 2.26. The molecule has 1 aromatic heterocycles. The summed E-state index contributed by atoms with van der Waals surface area (Å²) in [5.41, 5.74) is 8.80. The Hall–Kier alpha value is -2.53. The fourth-order valence-electron chi connectivity index (χ4n) is 2.15. The van der Waals surface area contributed by atoms with Crippen LogP contribution in [-0.2, 0) is 6.54 Å². The largest absolute Gasteiger partial charge is 0.334 e. The number of halogens is 1. The molecule has 0 aliphatic heterocycles. The number of rotatable bonds is 3. The van der Waals surface area contributed by atoms with Crippen LogP contribution in [0, 0.1) is 12.7 Å². The Balaban J connectivity index is 1.99. The van der Waals surface area contributed by atoms with Crippen LogP contribution in [0.4, 0.5) is 4.39 Å². The van der Waals surface area contributed by atoms with Gasteiger partial charge in [0.15, 0.2) is 0 Å². The monoisotopic (exact) mass is 283 g/mol. The fourth-order valence-corrected chi connectivity index (χ4v) is 2.15. The zero-order valence-corrected chi connectivity index (χ0v) is 11.5. The lowest BCUT2D eigenvalue weighted by molar-refractivity contribution is 0.432. The van der Waals surface area contributed by atoms with Gasteiger partial charge in [0.2, 0.25) is 5.82 Å². The molecule has 0 unspecified atom stereocenters. The lowest BCUT2D eigenvalue weighted by Crippen LogP contribution is -1.95. The highest BCUT2D eigenvalue weighted by atomic mass is 19.1. The van der Waals surface area contributed by atoms with E-state index in [1.807, 2.05) is 37.3 Å². The van der Waals surface area contributed by atoms with Gasteiger partial charge in [-0.2, -0.15) is 4.98 Å². The van der Waals surface area contributed by atoms with Gasteiger partial charge in [-0.25, -0.2) is 4.39 Å². The van der Waals surface area contributed by atoms with E-state index in [0.717, 1.165) is 16.7 Å². The maximum Gasteiger partial charge on any atom is 0.258 e. The Labute approximate surface area is 121 Å². The first-order chi connectivity index (χ1) is 10.2. The Morgan fingerprint density at radius 3 is 2.76 bits per heavy atom. The first kappa shape index (κ1) is 13.5. The van der Waals surface area contributed by atoms with Crippen molar-refractivity contribution in [2.45, 2.75) is 13.5 Å². The van der Waals surface area contributed by atoms with E-state index in [-0.39, 0.29) is 5.82 Å². The molecule has 0 radical (unpaired) electrons. The van der Waals surface area contributed by atoms with Gasteiger partial charge < -0.3 is 10.3 Å². The molecule has 4 nitrogen and oxygen atoms in total. The van der Waals surface area contributed by atoms with Crippen LogP contribution in [0.3, 0.4) is 0 Å². The standard InChI is InChI=1S/C16H14FN3O/c1-10-5-13(8-14(17)6-10)15-19-16(21-20-15)12-4-2-3-11(7-12)9-18/h2-8H,9,18H2,1H3. The van der Waals surface area contributed by atoms with Crippen LogP contribution in [0.5, 0.6) is 0 Å². The average molecular weight is 283 g/mol. The van der Waals surface area contributed by atoms with Crippen LogP contribution in [0.1, 0.15) is 11.1 Å². The van der Waals surface area contributed by atoms with Crippen LogP contribution in [-0.4, -0.2) is 10.1 Å². The van der Waals surface area contributed by atoms with E-state index in [1.54, 1.807) is 0 Å². The molecule has 21 heavy (non-hydrogen) atoms. The lowest BCUT2D eigenvalue weighted by atomic mass is 10.1. The minimum atomic E-state index is -0.318. The summed E-state index contributed by atoms with van der Waals surface area (Å²) >= 11 is 0. The van der Waals surface area contributed by atoms with Crippen molar-refractivity contribution >= 4 is 0 Å². The highest BCUT2D eigenvalue weighted by Crippen LogP contribution is 2.24. The third kappa shape index (κ3) is 2.83. The topological polar surface area (TPSA) is 64.9 Å². The fraction of sp³-hybridized carbons (Fsp3) is 0.125. The third-order valence-corrected chi connectivity index (χ3v) is 3.14. The van der Waals surface area contributed by atoms with Crippen LogP contribution < -0.4 is 5.73 Å². The summed E-state index contributed by atoms with van der Waals surface area (Å²) in [5, 5.41) is 3.92. The van der Waals surface area contributed by atoms with E-state index in [2.05, 4.69) is 10.1 Å². The van der Waals surface area contributed by atoms with Crippen LogP contribution in [0.2, 0.25) is 0 Å². The second-order valence-electron chi connectivity index (χ2n) is 4.84. The second-order valence-corrected chi connectivity index (χ2v) is 4.84. The predicted molar refractivity (Wildman–Crippen MR) is 77.8 cm³/mol.